The molecule has 0 bridgehead atoms. The Labute approximate surface area is 165 Å². The van der Waals surface area contributed by atoms with E-state index in [1.807, 2.05) is 0 Å². The number of imide groups is 1. The maximum atomic E-state index is 12.9. The molecule has 1 unspecified atom stereocenters. The van der Waals surface area contributed by atoms with Gasteiger partial charge in [-0.05, 0) is 49.9 Å². The molecular weight excluding hydrogens is 338 g/mol. The lowest BCUT2D eigenvalue weighted by Crippen LogP contribution is -2.40. The van der Waals surface area contributed by atoms with Crippen LogP contribution in [0.15, 0.2) is 0 Å². The van der Waals surface area contributed by atoms with Crippen molar-refractivity contribution >= 4 is 17.6 Å². The summed E-state index contributed by atoms with van der Waals surface area (Å²) in [6.45, 7) is 13.1. The third-order valence-electron chi connectivity index (χ3n) is 7.91. The Hall–Kier alpha value is -1.19. The molecule has 2 rings (SSSR count). The monoisotopic (exact) mass is 377 g/mol. The van der Waals surface area contributed by atoms with Crippen LogP contribution < -0.4 is 0 Å². The summed E-state index contributed by atoms with van der Waals surface area (Å²) in [5, 5.41) is 0. The van der Waals surface area contributed by atoms with Crippen molar-refractivity contribution in [3.05, 3.63) is 0 Å². The van der Waals surface area contributed by atoms with E-state index in [9.17, 15) is 14.4 Å². The summed E-state index contributed by atoms with van der Waals surface area (Å²) >= 11 is 0. The first-order valence-electron chi connectivity index (χ1n) is 11.0. The summed E-state index contributed by atoms with van der Waals surface area (Å²) in [7, 11) is 0. The van der Waals surface area contributed by atoms with Crippen LogP contribution >= 0.6 is 0 Å². The molecule has 27 heavy (non-hydrogen) atoms. The first-order chi connectivity index (χ1) is 12.6. The second-order valence-electron chi connectivity index (χ2n) is 9.79. The second kappa shape index (κ2) is 8.45. The first kappa shape index (κ1) is 22.1. The van der Waals surface area contributed by atoms with Gasteiger partial charge < -0.3 is 0 Å². The minimum absolute atomic E-state index is 0.00531. The maximum absolute atomic E-state index is 12.9. The van der Waals surface area contributed by atoms with E-state index in [0.29, 0.717) is 24.7 Å². The number of likely N-dealkylation sites (tertiary alicyclic amines) is 1. The summed E-state index contributed by atoms with van der Waals surface area (Å²) in [6, 6.07) is 0. The van der Waals surface area contributed by atoms with Crippen molar-refractivity contribution in [3.8, 4) is 0 Å². The number of amides is 2. The number of rotatable bonds is 8. The van der Waals surface area contributed by atoms with Crippen LogP contribution in [-0.4, -0.2) is 29.0 Å². The Balaban J connectivity index is 1.93. The molecule has 154 valence electrons. The Morgan fingerprint density at radius 3 is 2.00 bits per heavy atom. The molecule has 0 aromatic heterocycles. The Bertz CT molecular complexity index is 568. The molecule has 0 N–H and O–H groups in total. The highest BCUT2D eigenvalue weighted by molar-refractivity contribution is 6.03. The number of hydrogen-bond acceptors (Lipinski definition) is 3. The van der Waals surface area contributed by atoms with Crippen LogP contribution in [0.3, 0.4) is 0 Å². The number of hydrogen-bond donors (Lipinski definition) is 0. The first-order valence-corrected chi connectivity index (χ1v) is 11.0. The predicted octanol–water partition coefficient (Wildman–Crippen LogP) is 5.00. The van der Waals surface area contributed by atoms with Gasteiger partial charge in [0.2, 0.25) is 11.8 Å². The molecule has 0 spiro atoms. The molecule has 1 atom stereocenters. The molecule has 0 aromatic rings. The highest BCUT2D eigenvalue weighted by Crippen LogP contribution is 2.41. The van der Waals surface area contributed by atoms with E-state index >= 15 is 0 Å². The minimum Gasteiger partial charge on any atom is -0.299 e. The normalized spacial score (nSPS) is 27.3. The summed E-state index contributed by atoms with van der Waals surface area (Å²) in [6.07, 6.45) is 6.74. The zero-order valence-corrected chi connectivity index (χ0v) is 18.3. The van der Waals surface area contributed by atoms with Gasteiger partial charge in [0.15, 0.2) is 0 Å². The quantitative estimate of drug-likeness (QED) is 0.559. The van der Waals surface area contributed by atoms with E-state index < -0.39 is 0 Å². The molecule has 1 aliphatic carbocycles. The molecular formula is C23H39NO3. The van der Waals surface area contributed by atoms with Crippen molar-refractivity contribution in [2.45, 2.75) is 92.9 Å². The van der Waals surface area contributed by atoms with Crippen LogP contribution in [0.2, 0.25) is 0 Å². The highest BCUT2D eigenvalue weighted by Gasteiger charge is 2.46. The number of carbonyl (C=O) groups is 3. The van der Waals surface area contributed by atoms with Gasteiger partial charge in [-0.15, -0.1) is 0 Å². The molecule has 1 saturated heterocycles. The zero-order valence-electron chi connectivity index (χ0n) is 18.3. The molecule has 2 aliphatic rings. The van der Waals surface area contributed by atoms with Gasteiger partial charge in [0.25, 0.3) is 0 Å². The second-order valence-corrected chi connectivity index (χ2v) is 9.79. The van der Waals surface area contributed by atoms with Gasteiger partial charge >= 0.3 is 0 Å². The molecule has 0 radical (unpaired) electrons. The molecule has 4 heteroatoms. The van der Waals surface area contributed by atoms with Crippen LogP contribution in [-0.2, 0) is 14.4 Å². The van der Waals surface area contributed by atoms with Gasteiger partial charge in [-0.25, -0.2) is 0 Å². The van der Waals surface area contributed by atoms with E-state index in [4.69, 9.17) is 0 Å². The summed E-state index contributed by atoms with van der Waals surface area (Å²) in [4.78, 5) is 39.7. The van der Waals surface area contributed by atoms with Crippen molar-refractivity contribution < 1.29 is 14.4 Å². The van der Waals surface area contributed by atoms with E-state index in [2.05, 4.69) is 41.5 Å². The Morgan fingerprint density at radius 2 is 1.52 bits per heavy atom. The molecule has 1 aliphatic heterocycles. The van der Waals surface area contributed by atoms with Crippen molar-refractivity contribution in [2.24, 2.45) is 28.6 Å². The minimum atomic E-state index is -0.197. The van der Waals surface area contributed by atoms with Crippen molar-refractivity contribution in [3.63, 3.8) is 0 Å². The Morgan fingerprint density at radius 1 is 0.963 bits per heavy atom. The third kappa shape index (κ3) is 4.46. The van der Waals surface area contributed by atoms with Crippen molar-refractivity contribution in [1.29, 1.82) is 0 Å². The summed E-state index contributed by atoms with van der Waals surface area (Å²) in [5.41, 5.74) is -0.326. The lowest BCUT2D eigenvalue weighted by Gasteiger charge is -2.35. The van der Waals surface area contributed by atoms with Crippen LogP contribution in [0, 0.1) is 28.6 Å². The van der Waals surface area contributed by atoms with E-state index in [1.165, 1.54) is 4.90 Å². The third-order valence-corrected chi connectivity index (χ3v) is 7.91. The summed E-state index contributed by atoms with van der Waals surface area (Å²) < 4.78 is 0. The molecule has 2 fully saturated rings. The van der Waals surface area contributed by atoms with Crippen LogP contribution in [0.5, 0.6) is 0 Å². The molecule has 4 nitrogen and oxygen atoms in total. The van der Waals surface area contributed by atoms with Gasteiger partial charge in [-0.3, -0.25) is 19.3 Å². The largest absolute Gasteiger partial charge is 0.299 e. The standard InChI is InChI=1S/C23H39NO3/c1-7-22(4,5)18-14-19(25)24(21(18)27)15-16-10-12-17(13-11-16)20(26)23(6,8-2)9-3/h16-18H,7-15H2,1-6H3/t16-,17-,18?. The van der Waals surface area contributed by atoms with Crippen LogP contribution in [0.25, 0.3) is 0 Å². The van der Waals surface area contributed by atoms with Gasteiger partial charge in [0, 0.05) is 24.3 Å². The molecule has 1 heterocycles. The lowest BCUT2D eigenvalue weighted by molar-refractivity contribution is -0.142. The van der Waals surface area contributed by atoms with Crippen LogP contribution in [0.1, 0.15) is 92.9 Å². The van der Waals surface area contributed by atoms with Gasteiger partial charge in [0.05, 0.1) is 5.92 Å². The Kier molecular flexibility index (Phi) is 6.91. The number of Topliss-reactive ketones (excluding diaryl/α,β-unsaturated/α-hetero) is 1. The van der Waals surface area contributed by atoms with Gasteiger partial charge in [-0.2, -0.15) is 0 Å². The van der Waals surface area contributed by atoms with Gasteiger partial charge in [0.1, 0.15) is 5.78 Å². The zero-order chi connectivity index (χ0) is 20.4. The van der Waals surface area contributed by atoms with Crippen molar-refractivity contribution in [1.82, 2.24) is 4.90 Å². The fourth-order valence-electron chi connectivity index (χ4n) is 4.69. The fraction of sp³-hybridized carbons (Fsp3) is 0.870. The van der Waals surface area contributed by atoms with Crippen molar-refractivity contribution in [2.75, 3.05) is 6.54 Å². The highest BCUT2D eigenvalue weighted by atomic mass is 16.2. The molecule has 2 amide bonds. The molecule has 0 aromatic carbocycles. The van der Waals surface area contributed by atoms with Gasteiger partial charge in [-0.1, -0.05) is 48.0 Å². The topological polar surface area (TPSA) is 54.5 Å². The number of carbonyl (C=O) groups excluding carboxylic acids is 3. The van der Waals surface area contributed by atoms with E-state index in [1.54, 1.807) is 0 Å². The lowest BCUT2D eigenvalue weighted by atomic mass is 9.70. The summed E-state index contributed by atoms with van der Waals surface area (Å²) in [5.74, 6) is 0.762. The number of nitrogens with zero attached hydrogens (tertiary/aromatic N) is 1. The fourth-order valence-corrected chi connectivity index (χ4v) is 4.69. The average Bonchev–Trinajstić information content (AvgIpc) is 2.96. The average molecular weight is 378 g/mol. The van der Waals surface area contributed by atoms with E-state index in [-0.39, 0.29) is 34.5 Å². The maximum Gasteiger partial charge on any atom is 0.233 e. The van der Waals surface area contributed by atoms with E-state index in [0.717, 1.165) is 44.9 Å². The predicted molar refractivity (Wildman–Crippen MR) is 108 cm³/mol. The van der Waals surface area contributed by atoms with Crippen LogP contribution in [0.4, 0.5) is 0 Å². The molecule has 1 saturated carbocycles. The number of ketones is 1. The smallest absolute Gasteiger partial charge is 0.233 e. The SMILES string of the molecule is CCC(C)(CC)C(=O)[C@H]1CC[C@H](CN2C(=O)CC(C(C)(C)CC)C2=O)CC1.